The van der Waals surface area contributed by atoms with Crippen molar-refractivity contribution in [2.45, 2.75) is 58.4 Å². The molecule has 0 aromatic heterocycles. The van der Waals surface area contributed by atoms with Gasteiger partial charge in [0.05, 0.1) is 0 Å². The standard InChI is InChI=1S/C26H35N3O2/c1-4-5-6-16-29-17-15-24(18-29)28-26(31)22-9-7-21(8-10-22)25(30)27-23-13-11-20(12-14-23)19(2)3/h7-14,19,24H,4-6,15-18H2,1-3H3,(H,27,30)(H,28,31). The molecule has 1 aliphatic heterocycles. The van der Waals surface area contributed by atoms with Crippen LogP contribution in [0.3, 0.4) is 0 Å². The van der Waals surface area contributed by atoms with Gasteiger partial charge in [-0.15, -0.1) is 0 Å². The van der Waals surface area contributed by atoms with Gasteiger partial charge in [0.1, 0.15) is 0 Å². The highest BCUT2D eigenvalue weighted by molar-refractivity contribution is 6.05. The van der Waals surface area contributed by atoms with Gasteiger partial charge in [-0.25, -0.2) is 0 Å². The molecule has 31 heavy (non-hydrogen) atoms. The van der Waals surface area contributed by atoms with Crippen molar-refractivity contribution in [3.05, 3.63) is 65.2 Å². The van der Waals surface area contributed by atoms with Gasteiger partial charge in [-0.2, -0.15) is 0 Å². The summed E-state index contributed by atoms with van der Waals surface area (Å²) >= 11 is 0. The number of amides is 2. The van der Waals surface area contributed by atoms with Gasteiger partial charge in [-0.05, 0) is 67.3 Å². The van der Waals surface area contributed by atoms with Gasteiger partial charge < -0.3 is 15.5 Å². The first-order valence-corrected chi connectivity index (χ1v) is 11.5. The van der Waals surface area contributed by atoms with Crippen molar-refractivity contribution in [1.82, 2.24) is 10.2 Å². The SMILES string of the molecule is CCCCCN1CCC(NC(=O)c2ccc(C(=O)Nc3ccc(C(C)C)cc3)cc2)C1. The smallest absolute Gasteiger partial charge is 0.255 e. The summed E-state index contributed by atoms with van der Waals surface area (Å²) in [6.45, 7) is 9.58. The number of likely N-dealkylation sites (tertiary alicyclic amines) is 1. The van der Waals surface area contributed by atoms with Gasteiger partial charge in [0.25, 0.3) is 11.8 Å². The Morgan fingerprint density at radius 2 is 1.61 bits per heavy atom. The van der Waals surface area contributed by atoms with Crippen molar-refractivity contribution < 1.29 is 9.59 Å². The van der Waals surface area contributed by atoms with Crippen LogP contribution in [-0.4, -0.2) is 42.4 Å². The van der Waals surface area contributed by atoms with E-state index >= 15 is 0 Å². The lowest BCUT2D eigenvalue weighted by Crippen LogP contribution is -2.37. The minimum absolute atomic E-state index is 0.0726. The molecule has 1 fully saturated rings. The number of carbonyl (C=O) groups excluding carboxylic acids is 2. The summed E-state index contributed by atoms with van der Waals surface area (Å²) in [5, 5.41) is 6.05. The predicted molar refractivity (Wildman–Crippen MR) is 127 cm³/mol. The van der Waals surface area contributed by atoms with Crippen LogP contribution in [0.4, 0.5) is 5.69 Å². The zero-order valence-electron chi connectivity index (χ0n) is 19.0. The third kappa shape index (κ3) is 6.66. The summed E-state index contributed by atoms with van der Waals surface area (Å²) in [5.41, 5.74) is 3.12. The van der Waals surface area contributed by atoms with Crippen molar-refractivity contribution in [3.63, 3.8) is 0 Å². The first kappa shape index (κ1) is 23.0. The van der Waals surface area contributed by atoms with Crippen LogP contribution in [0, 0.1) is 0 Å². The topological polar surface area (TPSA) is 61.4 Å². The number of carbonyl (C=O) groups is 2. The van der Waals surface area contributed by atoms with E-state index in [0.29, 0.717) is 17.0 Å². The maximum Gasteiger partial charge on any atom is 0.255 e. The first-order valence-electron chi connectivity index (χ1n) is 11.5. The summed E-state index contributed by atoms with van der Waals surface area (Å²) in [7, 11) is 0. The highest BCUT2D eigenvalue weighted by atomic mass is 16.2. The Morgan fingerprint density at radius 3 is 2.23 bits per heavy atom. The number of nitrogens with zero attached hydrogens (tertiary/aromatic N) is 1. The summed E-state index contributed by atoms with van der Waals surface area (Å²) in [4.78, 5) is 27.5. The number of hydrogen-bond acceptors (Lipinski definition) is 3. The first-order chi connectivity index (χ1) is 15.0. The molecule has 1 aliphatic rings. The number of anilines is 1. The lowest BCUT2D eigenvalue weighted by Gasteiger charge is -2.16. The fourth-order valence-electron chi connectivity index (χ4n) is 3.94. The molecule has 1 saturated heterocycles. The van der Waals surface area contributed by atoms with Crippen LogP contribution in [0.25, 0.3) is 0 Å². The summed E-state index contributed by atoms with van der Waals surface area (Å²) in [6, 6.07) is 15.0. The monoisotopic (exact) mass is 421 g/mol. The van der Waals surface area contributed by atoms with Crippen molar-refractivity contribution in [2.24, 2.45) is 0 Å². The van der Waals surface area contributed by atoms with E-state index < -0.39 is 0 Å². The Bertz CT molecular complexity index is 859. The maximum atomic E-state index is 12.6. The quantitative estimate of drug-likeness (QED) is 0.557. The third-order valence-corrected chi connectivity index (χ3v) is 5.93. The highest BCUT2D eigenvalue weighted by Crippen LogP contribution is 2.18. The van der Waals surface area contributed by atoms with E-state index in [-0.39, 0.29) is 17.9 Å². The molecule has 0 bridgehead atoms. The molecule has 0 saturated carbocycles. The second-order valence-electron chi connectivity index (χ2n) is 8.77. The van der Waals surface area contributed by atoms with Crippen LogP contribution < -0.4 is 10.6 Å². The second-order valence-corrected chi connectivity index (χ2v) is 8.77. The van der Waals surface area contributed by atoms with Crippen molar-refractivity contribution in [1.29, 1.82) is 0 Å². The number of unbranched alkanes of at least 4 members (excludes halogenated alkanes) is 2. The Labute approximate surface area is 186 Å². The highest BCUT2D eigenvalue weighted by Gasteiger charge is 2.23. The van der Waals surface area contributed by atoms with Crippen molar-refractivity contribution in [2.75, 3.05) is 25.0 Å². The zero-order valence-corrected chi connectivity index (χ0v) is 19.0. The fraction of sp³-hybridized carbons (Fsp3) is 0.462. The van der Waals surface area contributed by atoms with Gasteiger partial charge in [0, 0.05) is 35.9 Å². The molecule has 2 aromatic carbocycles. The van der Waals surface area contributed by atoms with E-state index in [9.17, 15) is 9.59 Å². The third-order valence-electron chi connectivity index (χ3n) is 5.93. The van der Waals surface area contributed by atoms with Crippen LogP contribution in [0.5, 0.6) is 0 Å². The summed E-state index contributed by atoms with van der Waals surface area (Å²) in [5.74, 6) is 0.205. The maximum absolute atomic E-state index is 12.6. The molecule has 2 N–H and O–H groups in total. The van der Waals surface area contributed by atoms with Gasteiger partial charge >= 0.3 is 0 Å². The van der Waals surface area contributed by atoms with Crippen LogP contribution in [0.2, 0.25) is 0 Å². The molecule has 3 rings (SSSR count). The Morgan fingerprint density at radius 1 is 0.968 bits per heavy atom. The normalized spacial score (nSPS) is 16.5. The average Bonchev–Trinajstić information content (AvgIpc) is 3.21. The van der Waals surface area contributed by atoms with E-state index in [1.807, 2.05) is 24.3 Å². The van der Waals surface area contributed by atoms with E-state index in [4.69, 9.17) is 0 Å². The zero-order chi connectivity index (χ0) is 22.2. The van der Waals surface area contributed by atoms with Gasteiger partial charge in [-0.3, -0.25) is 9.59 Å². The molecule has 0 spiro atoms. The fourth-order valence-corrected chi connectivity index (χ4v) is 3.94. The van der Waals surface area contributed by atoms with Crippen LogP contribution >= 0.6 is 0 Å². The lowest BCUT2D eigenvalue weighted by atomic mass is 10.0. The number of hydrogen-bond donors (Lipinski definition) is 2. The minimum atomic E-state index is -0.178. The van der Waals surface area contributed by atoms with E-state index in [1.165, 1.54) is 24.8 Å². The summed E-state index contributed by atoms with van der Waals surface area (Å²) in [6.07, 6.45) is 4.71. The minimum Gasteiger partial charge on any atom is -0.348 e. The van der Waals surface area contributed by atoms with Crippen LogP contribution in [0.1, 0.15) is 78.7 Å². The molecule has 0 radical (unpaired) electrons. The molecule has 1 unspecified atom stereocenters. The van der Waals surface area contributed by atoms with Gasteiger partial charge in [-0.1, -0.05) is 45.7 Å². The van der Waals surface area contributed by atoms with Crippen molar-refractivity contribution in [3.8, 4) is 0 Å². The summed E-state index contributed by atoms with van der Waals surface area (Å²) < 4.78 is 0. The Kier molecular flexibility index (Phi) is 8.24. The van der Waals surface area contributed by atoms with E-state index in [1.54, 1.807) is 24.3 Å². The Balaban J connectivity index is 1.50. The number of rotatable bonds is 9. The van der Waals surface area contributed by atoms with Crippen molar-refractivity contribution >= 4 is 17.5 Å². The Hall–Kier alpha value is -2.66. The largest absolute Gasteiger partial charge is 0.348 e. The molecule has 0 aliphatic carbocycles. The van der Waals surface area contributed by atoms with E-state index in [0.717, 1.165) is 31.7 Å². The van der Waals surface area contributed by atoms with Gasteiger partial charge in [0.2, 0.25) is 0 Å². The molecule has 166 valence electrons. The van der Waals surface area contributed by atoms with E-state index in [2.05, 4.69) is 36.3 Å². The molecule has 1 atom stereocenters. The molecule has 2 amide bonds. The van der Waals surface area contributed by atoms with Crippen LogP contribution in [-0.2, 0) is 0 Å². The molecule has 5 nitrogen and oxygen atoms in total. The predicted octanol–water partition coefficient (Wildman–Crippen LogP) is 5.06. The molecule has 2 aromatic rings. The molecular weight excluding hydrogens is 386 g/mol. The lowest BCUT2D eigenvalue weighted by molar-refractivity contribution is 0.0936. The molecule has 5 heteroatoms. The average molecular weight is 422 g/mol. The van der Waals surface area contributed by atoms with Gasteiger partial charge in [0.15, 0.2) is 0 Å². The molecule has 1 heterocycles. The number of nitrogens with one attached hydrogen (secondary N) is 2. The molecular formula is C26H35N3O2. The van der Waals surface area contributed by atoms with Crippen LogP contribution in [0.15, 0.2) is 48.5 Å². The number of benzene rings is 2. The second kappa shape index (κ2) is 11.1.